The number of cyclic esters (lactones) is 1. The summed E-state index contributed by atoms with van der Waals surface area (Å²) in [6.45, 7) is 1.43. The number of nitrogens with zero attached hydrogens (tertiary/aromatic N) is 3. The molecule has 0 bridgehead atoms. The lowest BCUT2D eigenvalue weighted by molar-refractivity contribution is -0.191. The first kappa shape index (κ1) is 39.3. The van der Waals surface area contributed by atoms with Gasteiger partial charge in [0.05, 0.1) is 24.7 Å². The zero-order chi connectivity index (χ0) is 38.1. The molecule has 6 atom stereocenters. The molecule has 3 amide bonds. The predicted molar refractivity (Wildman–Crippen MR) is 205 cm³/mol. The Hall–Kier alpha value is -2.50. The molecule has 11 nitrogen and oxygen atoms in total. The topological polar surface area (TPSA) is 126 Å². The van der Waals surface area contributed by atoms with Gasteiger partial charge in [-0.25, -0.2) is 9.69 Å². The monoisotopic (exact) mass is 765 g/mol. The lowest BCUT2D eigenvalue weighted by atomic mass is 9.60. The molecule has 306 valence electrons. The lowest BCUT2D eigenvalue weighted by Crippen LogP contribution is -2.66. The van der Waals surface area contributed by atoms with Crippen LogP contribution >= 0.6 is 0 Å². The number of fused-ring (bicyclic) bond motifs is 2. The van der Waals surface area contributed by atoms with E-state index in [0.717, 1.165) is 102 Å². The summed E-state index contributed by atoms with van der Waals surface area (Å²) in [5.74, 6) is -1.35. The second-order valence-corrected chi connectivity index (χ2v) is 18.4. The molecule has 1 N–H and O–H groups in total. The first-order chi connectivity index (χ1) is 26.9. The highest BCUT2D eigenvalue weighted by Crippen LogP contribution is 2.65. The maximum Gasteiger partial charge on any atom is 0.421 e. The first-order valence-electron chi connectivity index (χ1n) is 22.6. The van der Waals surface area contributed by atoms with Crippen molar-refractivity contribution in [2.45, 2.75) is 178 Å². The molecule has 0 aromatic heterocycles. The van der Waals surface area contributed by atoms with Crippen molar-refractivity contribution in [3.05, 3.63) is 11.3 Å². The third-order valence-electron chi connectivity index (χ3n) is 15.4. The van der Waals surface area contributed by atoms with E-state index in [9.17, 15) is 9.90 Å². The lowest BCUT2D eigenvalue weighted by Gasteiger charge is -2.53. The number of carbonyl (C=O) groups is 4. The first-order valence-corrected chi connectivity index (χ1v) is 22.6. The molecule has 4 aliphatic heterocycles. The van der Waals surface area contributed by atoms with Gasteiger partial charge in [-0.2, -0.15) is 0 Å². The van der Waals surface area contributed by atoms with Crippen molar-refractivity contribution in [3.8, 4) is 0 Å². The summed E-state index contributed by atoms with van der Waals surface area (Å²) >= 11 is 0. The Balaban J connectivity index is 1.34. The van der Waals surface area contributed by atoms with Crippen LogP contribution < -0.4 is 0 Å². The van der Waals surface area contributed by atoms with Crippen molar-refractivity contribution >= 4 is 23.9 Å². The van der Waals surface area contributed by atoms with Crippen molar-refractivity contribution in [1.82, 2.24) is 14.7 Å². The van der Waals surface area contributed by atoms with E-state index in [0.29, 0.717) is 57.3 Å². The van der Waals surface area contributed by atoms with Crippen molar-refractivity contribution in [1.29, 1.82) is 0 Å². The van der Waals surface area contributed by atoms with E-state index in [-0.39, 0.29) is 60.9 Å². The molecule has 0 aromatic rings. The summed E-state index contributed by atoms with van der Waals surface area (Å²) in [4.78, 5) is 67.1. The smallest absolute Gasteiger partial charge is 0.421 e. The molecule has 0 aromatic carbocycles. The number of morpholine rings is 1. The SMILES string of the molecule is COCCOC(=O)N1C(=O)[C@@]2(C3=C1CCCC3)[C@H](C1CCC(O)CC1)N1[C@H](C3CCCCC3)[C@H](C3CCCCC3)OC(=O)[C@H]1[C@@H]2C(=O)N1CCCCCCC1. The van der Waals surface area contributed by atoms with E-state index in [4.69, 9.17) is 14.2 Å². The molecule has 6 fully saturated rings. The van der Waals surface area contributed by atoms with Gasteiger partial charge in [-0.15, -0.1) is 0 Å². The highest BCUT2D eigenvalue weighted by Gasteiger charge is 2.77. The average molecular weight is 766 g/mol. The Morgan fingerprint density at radius 1 is 0.745 bits per heavy atom. The maximum atomic E-state index is 16.1. The van der Waals surface area contributed by atoms with Crippen molar-refractivity contribution < 1.29 is 38.5 Å². The molecule has 0 unspecified atom stereocenters. The molecule has 11 heteroatoms. The van der Waals surface area contributed by atoms with Gasteiger partial charge in [0.15, 0.2) is 0 Å². The Labute approximate surface area is 328 Å². The highest BCUT2D eigenvalue weighted by atomic mass is 16.6. The number of likely N-dealkylation sites (tertiary alicyclic amines) is 1. The zero-order valence-corrected chi connectivity index (χ0v) is 33.4. The van der Waals surface area contributed by atoms with Gasteiger partial charge in [-0.3, -0.25) is 19.3 Å². The van der Waals surface area contributed by atoms with Gasteiger partial charge in [0.2, 0.25) is 11.8 Å². The summed E-state index contributed by atoms with van der Waals surface area (Å²) in [6, 6.07) is -1.48. The van der Waals surface area contributed by atoms with E-state index in [1.807, 2.05) is 4.90 Å². The van der Waals surface area contributed by atoms with E-state index < -0.39 is 35.6 Å². The van der Waals surface area contributed by atoms with Crippen LogP contribution in [0.15, 0.2) is 11.3 Å². The number of methoxy groups -OCH3 is 1. The molecule has 3 saturated heterocycles. The third-order valence-corrected chi connectivity index (χ3v) is 15.4. The van der Waals surface area contributed by atoms with E-state index in [2.05, 4.69) is 4.90 Å². The summed E-state index contributed by atoms with van der Waals surface area (Å²) in [6.07, 6.45) is 20.1. The molecule has 4 aliphatic carbocycles. The average Bonchev–Trinajstić information content (AvgIpc) is 3.65. The molecule has 8 aliphatic rings. The van der Waals surface area contributed by atoms with Crippen LogP contribution in [0.4, 0.5) is 4.79 Å². The van der Waals surface area contributed by atoms with Crippen LogP contribution in [0.1, 0.15) is 148 Å². The van der Waals surface area contributed by atoms with Gasteiger partial charge in [-0.1, -0.05) is 57.8 Å². The molecule has 1 spiro atoms. The van der Waals surface area contributed by atoms with Crippen molar-refractivity contribution in [3.63, 3.8) is 0 Å². The van der Waals surface area contributed by atoms with E-state index in [1.54, 1.807) is 7.11 Å². The fraction of sp³-hybridized carbons (Fsp3) is 0.864. The molecular weight excluding hydrogens is 698 g/mol. The van der Waals surface area contributed by atoms with Crippen LogP contribution in [-0.4, -0.2) is 107 Å². The Morgan fingerprint density at radius 2 is 1.36 bits per heavy atom. The molecular formula is C44H67N3O8. The zero-order valence-electron chi connectivity index (χ0n) is 33.4. The van der Waals surface area contributed by atoms with Crippen LogP contribution in [0.25, 0.3) is 0 Å². The number of hydrogen-bond acceptors (Lipinski definition) is 9. The number of esters is 1. The van der Waals surface area contributed by atoms with Gasteiger partial charge in [0.25, 0.3) is 0 Å². The normalized spacial score (nSPS) is 37.0. The van der Waals surface area contributed by atoms with Crippen LogP contribution in [-0.2, 0) is 28.6 Å². The Bertz CT molecular complexity index is 1440. The van der Waals surface area contributed by atoms with Crippen molar-refractivity contribution in [2.24, 2.45) is 29.1 Å². The number of ether oxygens (including phenoxy) is 3. The number of aliphatic hydroxyl groups is 1. The minimum absolute atomic E-state index is 0.0166. The minimum atomic E-state index is -1.40. The number of hydrogen-bond donors (Lipinski definition) is 1. The second kappa shape index (κ2) is 17.2. The minimum Gasteiger partial charge on any atom is -0.459 e. The molecule has 55 heavy (non-hydrogen) atoms. The summed E-state index contributed by atoms with van der Waals surface area (Å²) < 4.78 is 17.8. The molecule has 3 saturated carbocycles. The second-order valence-electron chi connectivity index (χ2n) is 18.4. The van der Waals surface area contributed by atoms with Gasteiger partial charge in [0.1, 0.15) is 24.2 Å². The summed E-state index contributed by atoms with van der Waals surface area (Å²) in [5, 5.41) is 10.9. The van der Waals surface area contributed by atoms with Crippen molar-refractivity contribution in [2.75, 3.05) is 33.4 Å². The number of rotatable bonds is 7. The number of allylic oxidation sites excluding steroid dienone is 1. The largest absolute Gasteiger partial charge is 0.459 e. The van der Waals surface area contributed by atoms with Crippen LogP contribution in [0.5, 0.6) is 0 Å². The van der Waals surface area contributed by atoms with Crippen LogP contribution in [0.2, 0.25) is 0 Å². The van der Waals surface area contributed by atoms with Gasteiger partial charge >= 0.3 is 12.1 Å². The molecule has 0 radical (unpaired) electrons. The quantitative estimate of drug-likeness (QED) is 0.218. The fourth-order valence-electron chi connectivity index (χ4n) is 13.1. The number of aliphatic hydroxyl groups excluding tert-OH is 1. The van der Waals surface area contributed by atoms with Crippen LogP contribution in [0, 0.1) is 29.1 Å². The number of amides is 3. The maximum absolute atomic E-state index is 16.1. The van der Waals surface area contributed by atoms with E-state index >= 15 is 14.4 Å². The number of carbonyl (C=O) groups excluding carboxylic acids is 4. The molecule has 4 heterocycles. The summed E-state index contributed by atoms with van der Waals surface area (Å²) in [5.41, 5.74) is 0.185. The molecule has 8 rings (SSSR count). The van der Waals surface area contributed by atoms with Gasteiger partial charge < -0.3 is 24.2 Å². The highest BCUT2D eigenvalue weighted by molar-refractivity contribution is 6.07. The summed E-state index contributed by atoms with van der Waals surface area (Å²) in [7, 11) is 1.55. The third kappa shape index (κ3) is 7.08. The van der Waals surface area contributed by atoms with Gasteiger partial charge in [-0.05, 0) is 113 Å². The Kier molecular flexibility index (Phi) is 12.3. The predicted octanol–water partition coefficient (Wildman–Crippen LogP) is 6.89. The van der Waals surface area contributed by atoms with E-state index in [1.165, 1.54) is 17.7 Å². The van der Waals surface area contributed by atoms with Crippen LogP contribution in [0.3, 0.4) is 0 Å². The fourth-order valence-corrected chi connectivity index (χ4v) is 13.1. The standard InChI is InChI=1S/C44H67N3O8/c1-53-27-28-54-43(52)46-34-20-12-11-19-33(34)44(42(46)51)35(40(49)45-25-13-3-2-4-14-26-45)37-41(50)55-38(30-17-9-6-10-18-30)36(29-15-7-5-8-16-29)47(37)39(44)31-21-23-32(48)24-22-31/h29-32,35-39,48H,2-28H2,1H3/t31?,32?,35-,36-,37-,38+,39+,44-/m1/s1. The van der Waals surface area contributed by atoms with Gasteiger partial charge in [0, 0.05) is 31.9 Å². The number of imide groups is 1. The Morgan fingerprint density at radius 3 is 2.04 bits per heavy atom.